The SMILES string of the molecule is CC1CCCN(CC2(CNC(C)C)CCCCCC2)CC1. The molecule has 1 heterocycles. The molecule has 1 aliphatic heterocycles. The highest BCUT2D eigenvalue weighted by molar-refractivity contribution is 4.88. The highest BCUT2D eigenvalue weighted by Crippen LogP contribution is 2.36. The molecule has 2 aliphatic rings. The molecule has 2 fully saturated rings. The molecule has 0 aromatic heterocycles. The molecule has 0 aromatic carbocycles. The molecule has 0 amide bonds. The van der Waals surface area contributed by atoms with Gasteiger partial charge >= 0.3 is 0 Å². The van der Waals surface area contributed by atoms with Crippen LogP contribution in [0.5, 0.6) is 0 Å². The van der Waals surface area contributed by atoms with Crippen molar-refractivity contribution in [2.75, 3.05) is 26.2 Å². The molecular formula is C19H38N2. The van der Waals surface area contributed by atoms with Crippen LogP contribution in [-0.2, 0) is 0 Å². The van der Waals surface area contributed by atoms with Gasteiger partial charge in [0.1, 0.15) is 0 Å². The molecule has 21 heavy (non-hydrogen) atoms. The molecule has 2 heteroatoms. The summed E-state index contributed by atoms with van der Waals surface area (Å²) in [7, 11) is 0. The Bertz CT molecular complexity index is 279. The molecule has 0 aromatic rings. The van der Waals surface area contributed by atoms with Crippen LogP contribution in [-0.4, -0.2) is 37.1 Å². The van der Waals surface area contributed by atoms with E-state index in [0.717, 1.165) is 5.92 Å². The fraction of sp³-hybridized carbons (Fsp3) is 1.00. The Labute approximate surface area is 133 Å². The molecule has 0 spiro atoms. The third-order valence-electron chi connectivity index (χ3n) is 5.72. The lowest BCUT2D eigenvalue weighted by Crippen LogP contribution is -2.45. The number of hydrogen-bond donors (Lipinski definition) is 1. The fourth-order valence-corrected chi connectivity index (χ4v) is 4.24. The molecule has 0 bridgehead atoms. The van der Waals surface area contributed by atoms with Gasteiger partial charge in [0, 0.05) is 19.1 Å². The van der Waals surface area contributed by atoms with Gasteiger partial charge in [-0.05, 0) is 56.5 Å². The highest BCUT2D eigenvalue weighted by atomic mass is 15.1. The largest absolute Gasteiger partial charge is 0.314 e. The van der Waals surface area contributed by atoms with Crippen molar-refractivity contribution in [3.05, 3.63) is 0 Å². The summed E-state index contributed by atoms with van der Waals surface area (Å²) in [6.07, 6.45) is 13.0. The van der Waals surface area contributed by atoms with Gasteiger partial charge in [0.25, 0.3) is 0 Å². The van der Waals surface area contributed by atoms with E-state index in [1.165, 1.54) is 84.0 Å². The summed E-state index contributed by atoms with van der Waals surface area (Å²) in [6, 6.07) is 0.620. The Balaban J connectivity index is 1.96. The molecule has 1 atom stereocenters. The molecule has 1 saturated carbocycles. The second-order valence-corrected chi connectivity index (χ2v) is 8.26. The van der Waals surface area contributed by atoms with E-state index in [4.69, 9.17) is 0 Å². The molecule has 1 unspecified atom stereocenters. The maximum Gasteiger partial charge on any atom is 0.00501 e. The maximum absolute atomic E-state index is 3.77. The van der Waals surface area contributed by atoms with Gasteiger partial charge in [0.15, 0.2) is 0 Å². The third kappa shape index (κ3) is 5.90. The minimum atomic E-state index is 0.550. The smallest absolute Gasteiger partial charge is 0.00501 e. The van der Waals surface area contributed by atoms with Crippen molar-refractivity contribution in [1.82, 2.24) is 10.2 Å². The average Bonchev–Trinajstić information content (AvgIpc) is 2.79. The van der Waals surface area contributed by atoms with Gasteiger partial charge in [-0.1, -0.05) is 46.5 Å². The zero-order chi connectivity index (χ0) is 15.1. The van der Waals surface area contributed by atoms with Crippen molar-refractivity contribution in [2.45, 2.75) is 84.6 Å². The number of nitrogens with one attached hydrogen (secondary N) is 1. The first-order valence-electron chi connectivity index (χ1n) is 9.55. The predicted octanol–water partition coefficient (Wildman–Crippen LogP) is 4.45. The van der Waals surface area contributed by atoms with Crippen LogP contribution in [0.25, 0.3) is 0 Å². The highest BCUT2D eigenvalue weighted by Gasteiger charge is 2.33. The molecule has 0 radical (unpaired) electrons. The first-order valence-corrected chi connectivity index (χ1v) is 9.55. The number of likely N-dealkylation sites (tertiary alicyclic amines) is 1. The van der Waals surface area contributed by atoms with Crippen molar-refractivity contribution in [3.8, 4) is 0 Å². The average molecular weight is 295 g/mol. The zero-order valence-corrected chi connectivity index (χ0v) is 14.8. The van der Waals surface area contributed by atoms with E-state index in [1.807, 2.05) is 0 Å². The van der Waals surface area contributed by atoms with Gasteiger partial charge < -0.3 is 10.2 Å². The minimum absolute atomic E-state index is 0.550. The van der Waals surface area contributed by atoms with E-state index in [2.05, 4.69) is 31.0 Å². The topological polar surface area (TPSA) is 15.3 Å². The van der Waals surface area contributed by atoms with Crippen molar-refractivity contribution in [1.29, 1.82) is 0 Å². The Hall–Kier alpha value is -0.0800. The monoisotopic (exact) mass is 294 g/mol. The second kappa shape index (κ2) is 8.53. The summed E-state index contributed by atoms with van der Waals surface area (Å²) in [5.41, 5.74) is 0.550. The summed E-state index contributed by atoms with van der Waals surface area (Å²) < 4.78 is 0. The van der Waals surface area contributed by atoms with Crippen LogP contribution in [0.15, 0.2) is 0 Å². The molecule has 1 N–H and O–H groups in total. The number of hydrogen-bond acceptors (Lipinski definition) is 2. The van der Waals surface area contributed by atoms with E-state index >= 15 is 0 Å². The molecule has 124 valence electrons. The van der Waals surface area contributed by atoms with Crippen molar-refractivity contribution in [2.24, 2.45) is 11.3 Å². The lowest BCUT2D eigenvalue weighted by molar-refractivity contribution is 0.126. The van der Waals surface area contributed by atoms with Gasteiger partial charge in [0.2, 0.25) is 0 Å². The molecule has 1 aliphatic carbocycles. The number of nitrogens with zero attached hydrogens (tertiary/aromatic N) is 1. The van der Waals surface area contributed by atoms with Gasteiger partial charge in [-0.25, -0.2) is 0 Å². The molecule has 2 rings (SSSR count). The van der Waals surface area contributed by atoms with E-state index in [0.29, 0.717) is 11.5 Å². The number of rotatable bonds is 5. The Morgan fingerprint density at radius 2 is 1.71 bits per heavy atom. The van der Waals surface area contributed by atoms with Gasteiger partial charge in [-0.15, -0.1) is 0 Å². The van der Waals surface area contributed by atoms with Crippen LogP contribution < -0.4 is 5.32 Å². The van der Waals surface area contributed by atoms with Crippen LogP contribution in [0.3, 0.4) is 0 Å². The summed E-state index contributed by atoms with van der Waals surface area (Å²) >= 11 is 0. The second-order valence-electron chi connectivity index (χ2n) is 8.26. The molecule has 2 nitrogen and oxygen atoms in total. The van der Waals surface area contributed by atoms with E-state index in [-0.39, 0.29) is 0 Å². The van der Waals surface area contributed by atoms with Crippen LogP contribution in [0.4, 0.5) is 0 Å². The van der Waals surface area contributed by atoms with Gasteiger partial charge in [-0.2, -0.15) is 0 Å². The maximum atomic E-state index is 3.77. The van der Waals surface area contributed by atoms with Crippen molar-refractivity contribution >= 4 is 0 Å². The first kappa shape index (κ1) is 17.3. The van der Waals surface area contributed by atoms with Gasteiger partial charge in [-0.3, -0.25) is 0 Å². The lowest BCUT2D eigenvalue weighted by Gasteiger charge is -2.38. The van der Waals surface area contributed by atoms with E-state index < -0.39 is 0 Å². The summed E-state index contributed by atoms with van der Waals surface area (Å²) in [6.45, 7) is 12.3. The van der Waals surface area contributed by atoms with E-state index in [1.54, 1.807) is 0 Å². The quantitative estimate of drug-likeness (QED) is 0.754. The van der Waals surface area contributed by atoms with Crippen LogP contribution >= 0.6 is 0 Å². The zero-order valence-electron chi connectivity index (χ0n) is 14.8. The Morgan fingerprint density at radius 1 is 1.00 bits per heavy atom. The van der Waals surface area contributed by atoms with Gasteiger partial charge in [0.05, 0.1) is 0 Å². The van der Waals surface area contributed by atoms with Crippen molar-refractivity contribution in [3.63, 3.8) is 0 Å². The Morgan fingerprint density at radius 3 is 2.38 bits per heavy atom. The minimum Gasteiger partial charge on any atom is -0.314 e. The normalized spacial score (nSPS) is 28.3. The molecule has 1 saturated heterocycles. The lowest BCUT2D eigenvalue weighted by atomic mass is 9.79. The summed E-state index contributed by atoms with van der Waals surface area (Å²) in [5.74, 6) is 0.939. The van der Waals surface area contributed by atoms with E-state index in [9.17, 15) is 0 Å². The fourth-order valence-electron chi connectivity index (χ4n) is 4.24. The summed E-state index contributed by atoms with van der Waals surface area (Å²) in [5, 5.41) is 3.77. The third-order valence-corrected chi connectivity index (χ3v) is 5.72. The van der Waals surface area contributed by atoms with Crippen LogP contribution in [0.2, 0.25) is 0 Å². The predicted molar refractivity (Wildman–Crippen MR) is 92.7 cm³/mol. The Kier molecular flexibility index (Phi) is 7.01. The molecular weight excluding hydrogens is 256 g/mol. The van der Waals surface area contributed by atoms with Crippen LogP contribution in [0, 0.1) is 11.3 Å². The standard InChI is InChI=1S/C19H38N2/c1-17(2)20-15-19(11-6-4-5-7-12-19)16-21-13-8-9-18(3)10-14-21/h17-18,20H,4-16H2,1-3H3. The first-order chi connectivity index (χ1) is 10.1. The van der Waals surface area contributed by atoms with Crippen LogP contribution in [0.1, 0.15) is 78.6 Å². The van der Waals surface area contributed by atoms with Crippen molar-refractivity contribution < 1.29 is 0 Å². The summed E-state index contributed by atoms with van der Waals surface area (Å²) in [4.78, 5) is 2.80.